The zero-order chi connectivity index (χ0) is 15.6. The van der Waals surface area contributed by atoms with Crippen LogP contribution in [0.3, 0.4) is 0 Å². The van der Waals surface area contributed by atoms with E-state index in [4.69, 9.17) is 9.68 Å². The van der Waals surface area contributed by atoms with Gasteiger partial charge in [0, 0.05) is 19.2 Å². The third-order valence-electron chi connectivity index (χ3n) is 3.79. The molecule has 0 unspecified atom stereocenters. The monoisotopic (exact) mass is 303 g/mol. The number of pyridine rings is 2. The molecule has 0 atom stereocenters. The van der Waals surface area contributed by atoms with Crippen molar-refractivity contribution in [2.75, 3.05) is 11.4 Å². The number of aromatic nitrogens is 3. The molecule has 0 saturated heterocycles. The quantitative estimate of drug-likeness (QED) is 0.724. The van der Waals surface area contributed by atoms with Crippen LogP contribution in [0.25, 0.3) is 11.6 Å². The van der Waals surface area contributed by atoms with Gasteiger partial charge in [-0.05, 0) is 24.3 Å². The lowest BCUT2D eigenvalue weighted by atomic mass is 10.1. The lowest BCUT2D eigenvalue weighted by molar-refractivity contribution is 0.493. The van der Waals surface area contributed by atoms with Gasteiger partial charge in [0.1, 0.15) is 29.0 Å². The smallest absolute Gasteiger partial charge is 0.245 e. The van der Waals surface area contributed by atoms with Crippen LogP contribution in [0.4, 0.5) is 5.82 Å². The SMILES string of the molecule is N#Cc1cccc(N2CCc3nc(-c4ccccn4)oc3C2)n1. The van der Waals surface area contributed by atoms with Crippen LogP contribution in [0.5, 0.6) is 0 Å². The van der Waals surface area contributed by atoms with Crippen molar-refractivity contribution in [3.8, 4) is 17.7 Å². The van der Waals surface area contributed by atoms with Gasteiger partial charge >= 0.3 is 0 Å². The topological polar surface area (TPSA) is 78.8 Å². The van der Waals surface area contributed by atoms with Gasteiger partial charge in [-0.2, -0.15) is 5.26 Å². The highest BCUT2D eigenvalue weighted by atomic mass is 16.4. The second kappa shape index (κ2) is 5.54. The maximum Gasteiger partial charge on any atom is 0.245 e. The fourth-order valence-electron chi connectivity index (χ4n) is 2.65. The zero-order valence-electron chi connectivity index (χ0n) is 12.3. The highest BCUT2D eigenvalue weighted by molar-refractivity contribution is 5.49. The van der Waals surface area contributed by atoms with Gasteiger partial charge in [0.05, 0.1) is 12.2 Å². The van der Waals surface area contributed by atoms with E-state index >= 15 is 0 Å². The maximum absolute atomic E-state index is 8.98. The number of hydrogen-bond donors (Lipinski definition) is 0. The molecular formula is C17H13N5O. The zero-order valence-corrected chi connectivity index (χ0v) is 12.3. The van der Waals surface area contributed by atoms with Crippen LogP contribution >= 0.6 is 0 Å². The first-order chi connectivity index (χ1) is 11.3. The number of fused-ring (bicyclic) bond motifs is 1. The number of hydrogen-bond acceptors (Lipinski definition) is 6. The number of nitriles is 1. The first-order valence-corrected chi connectivity index (χ1v) is 7.35. The summed E-state index contributed by atoms with van der Waals surface area (Å²) in [4.78, 5) is 15.3. The van der Waals surface area contributed by atoms with E-state index < -0.39 is 0 Å². The third kappa shape index (κ3) is 2.53. The second-order valence-corrected chi connectivity index (χ2v) is 5.27. The van der Waals surface area contributed by atoms with Gasteiger partial charge in [-0.25, -0.2) is 9.97 Å². The predicted octanol–water partition coefficient (Wildman–Crippen LogP) is 2.57. The van der Waals surface area contributed by atoms with Crippen LogP contribution in [-0.2, 0) is 13.0 Å². The molecule has 112 valence electrons. The molecule has 6 heteroatoms. The molecule has 0 spiro atoms. The maximum atomic E-state index is 8.98. The van der Waals surface area contributed by atoms with Gasteiger partial charge in [-0.15, -0.1) is 0 Å². The molecule has 1 aliphatic rings. The Hall–Kier alpha value is -3.20. The summed E-state index contributed by atoms with van der Waals surface area (Å²) in [5.74, 6) is 2.17. The lowest BCUT2D eigenvalue weighted by Crippen LogP contribution is -2.30. The average Bonchev–Trinajstić information content (AvgIpc) is 3.06. The molecule has 23 heavy (non-hydrogen) atoms. The van der Waals surface area contributed by atoms with Crippen LogP contribution in [0.15, 0.2) is 47.0 Å². The molecule has 3 aromatic rings. The summed E-state index contributed by atoms with van der Waals surface area (Å²) in [6.07, 6.45) is 2.51. The molecule has 0 radical (unpaired) electrons. The fourth-order valence-corrected chi connectivity index (χ4v) is 2.65. The highest BCUT2D eigenvalue weighted by Crippen LogP contribution is 2.27. The lowest BCUT2D eigenvalue weighted by Gasteiger charge is -2.26. The number of nitrogens with zero attached hydrogens (tertiary/aromatic N) is 5. The van der Waals surface area contributed by atoms with E-state index in [-0.39, 0.29) is 0 Å². The molecule has 0 aliphatic carbocycles. The van der Waals surface area contributed by atoms with E-state index in [0.29, 0.717) is 18.1 Å². The molecule has 4 rings (SSSR count). The van der Waals surface area contributed by atoms with Crippen LogP contribution < -0.4 is 4.90 Å². The Morgan fingerprint density at radius 3 is 2.91 bits per heavy atom. The van der Waals surface area contributed by atoms with Crippen molar-refractivity contribution in [3.05, 3.63) is 59.7 Å². The standard InChI is InChI=1S/C17H13N5O/c18-10-12-4-3-6-16(20-12)22-9-7-13-15(11-22)23-17(21-13)14-5-1-2-8-19-14/h1-6,8H,7,9,11H2. The Morgan fingerprint density at radius 1 is 1.13 bits per heavy atom. The first kappa shape index (κ1) is 13.5. The first-order valence-electron chi connectivity index (χ1n) is 7.35. The van der Waals surface area contributed by atoms with E-state index in [9.17, 15) is 0 Å². The van der Waals surface area contributed by atoms with Crippen molar-refractivity contribution >= 4 is 5.82 Å². The van der Waals surface area contributed by atoms with E-state index in [0.717, 1.165) is 35.9 Å². The fraction of sp³-hybridized carbons (Fsp3) is 0.176. The molecular weight excluding hydrogens is 290 g/mol. The summed E-state index contributed by atoms with van der Waals surface area (Å²) < 4.78 is 5.89. The van der Waals surface area contributed by atoms with E-state index in [2.05, 4.69) is 25.9 Å². The minimum absolute atomic E-state index is 0.417. The van der Waals surface area contributed by atoms with Crippen LogP contribution in [0.1, 0.15) is 17.1 Å². The van der Waals surface area contributed by atoms with Gasteiger partial charge in [0.2, 0.25) is 5.89 Å². The van der Waals surface area contributed by atoms with Crippen LogP contribution in [0, 0.1) is 11.3 Å². The molecule has 0 amide bonds. The van der Waals surface area contributed by atoms with Gasteiger partial charge in [-0.1, -0.05) is 12.1 Å². The summed E-state index contributed by atoms with van der Waals surface area (Å²) in [6.45, 7) is 1.39. The second-order valence-electron chi connectivity index (χ2n) is 5.27. The molecule has 1 aliphatic heterocycles. The molecule has 0 fully saturated rings. The van der Waals surface area contributed by atoms with E-state index in [1.165, 1.54) is 0 Å². The summed E-state index contributed by atoms with van der Waals surface area (Å²) in [5, 5.41) is 8.98. The molecule has 0 saturated carbocycles. The normalized spacial score (nSPS) is 13.4. The summed E-state index contributed by atoms with van der Waals surface area (Å²) in [7, 11) is 0. The minimum Gasteiger partial charge on any atom is -0.438 e. The average molecular weight is 303 g/mol. The van der Waals surface area contributed by atoms with Crippen molar-refractivity contribution in [1.29, 1.82) is 5.26 Å². The van der Waals surface area contributed by atoms with Crippen LogP contribution in [0.2, 0.25) is 0 Å². The van der Waals surface area contributed by atoms with Gasteiger partial charge in [-0.3, -0.25) is 4.98 Å². The Labute approximate surface area is 133 Å². The van der Waals surface area contributed by atoms with E-state index in [1.807, 2.05) is 30.3 Å². The summed E-state index contributed by atoms with van der Waals surface area (Å²) >= 11 is 0. The Kier molecular flexibility index (Phi) is 3.24. The Bertz CT molecular complexity index is 881. The van der Waals surface area contributed by atoms with Gasteiger partial charge in [0.15, 0.2) is 0 Å². The largest absolute Gasteiger partial charge is 0.438 e. The Balaban J connectivity index is 1.62. The van der Waals surface area contributed by atoms with E-state index in [1.54, 1.807) is 12.3 Å². The Morgan fingerprint density at radius 2 is 2.09 bits per heavy atom. The van der Waals surface area contributed by atoms with Crippen molar-refractivity contribution in [3.63, 3.8) is 0 Å². The molecule has 6 nitrogen and oxygen atoms in total. The third-order valence-corrected chi connectivity index (χ3v) is 3.79. The number of oxazole rings is 1. The molecule has 3 aromatic heterocycles. The molecule has 0 N–H and O–H groups in total. The number of rotatable bonds is 2. The van der Waals surface area contributed by atoms with Crippen LogP contribution in [-0.4, -0.2) is 21.5 Å². The molecule has 4 heterocycles. The van der Waals surface area contributed by atoms with Crippen molar-refractivity contribution in [1.82, 2.24) is 15.0 Å². The predicted molar refractivity (Wildman–Crippen MR) is 83.4 cm³/mol. The summed E-state index contributed by atoms with van der Waals surface area (Å²) in [5.41, 5.74) is 2.12. The van der Waals surface area contributed by atoms with Gasteiger partial charge < -0.3 is 9.32 Å². The van der Waals surface area contributed by atoms with Crippen molar-refractivity contribution < 1.29 is 4.42 Å². The minimum atomic E-state index is 0.417. The summed E-state index contributed by atoms with van der Waals surface area (Å²) in [6, 6.07) is 13.2. The molecule has 0 aromatic carbocycles. The van der Waals surface area contributed by atoms with Gasteiger partial charge in [0.25, 0.3) is 0 Å². The van der Waals surface area contributed by atoms with Crippen molar-refractivity contribution in [2.45, 2.75) is 13.0 Å². The van der Waals surface area contributed by atoms with Crippen molar-refractivity contribution in [2.24, 2.45) is 0 Å². The number of anilines is 1. The highest BCUT2D eigenvalue weighted by Gasteiger charge is 2.24. The molecule has 0 bridgehead atoms.